The highest BCUT2D eigenvalue weighted by molar-refractivity contribution is 6.01. The predicted octanol–water partition coefficient (Wildman–Crippen LogP) is 2.30. The lowest BCUT2D eigenvalue weighted by Crippen LogP contribution is -2.34. The van der Waals surface area contributed by atoms with E-state index in [0.29, 0.717) is 31.6 Å². The SMILES string of the molecule is CC(=O)NCCNC(=O)Cc1c2c(n(Cc3ccc(F)cc3)c1C)CCCC2=O. The fourth-order valence-corrected chi connectivity index (χ4v) is 3.85. The summed E-state index contributed by atoms with van der Waals surface area (Å²) in [4.78, 5) is 36.0. The molecule has 1 aliphatic carbocycles. The monoisotopic (exact) mass is 399 g/mol. The number of carbonyl (C=O) groups excluding carboxylic acids is 3. The minimum absolute atomic E-state index is 0.0771. The fourth-order valence-electron chi connectivity index (χ4n) is 3.85. The summed E-state index contributed by atoms with van der Waals surface area (Å²) in [6.07, 6.45) is 2.19. The maximum Gasteiger partial charge on any atom is 0.224 e. The molecule has 2 amide bonds. The van der Waals surface area contributed by atoms with Crippen molar-refractivity contribution in [3.05, 3.63) is 58.2 Å². The lowest BCUT2D eigenvalue weighted by Gasteiger charge is -2.16. The van der Waals surface area contributed by atoms with Crippen LogP contribution in [0.2, 0.25) is 0 Å². The van der Waals surface area contributed by atoms with E-state index in [1.54, 1.807) is 12.1 Å². The molecule has 29 heavy (non-hydrogen) atoms. The van der Waals surface area contributed by atoms with Gasteiger partial charge in [0, 0.05) is 49.9 Å². The van der Waals surface area contributed by atoms with E-state index < -0.39 is 0 Å². The van der Waals surface area contributed by atoms with Crippen molar-refractivity contribution in [2.45, 2.75) is 46.1 Å². The third-order valence-corrected chi connectivity index (χ3v) is 5.27. The highest BCUT2D eigenvalue weighted by Crippen LogP contribution is 2.31. The quantitative estimate of drug-likeness (QED) is 0.701. The van der Waals surface area contributed by atoms with E-state index in [2.05, 4.69) is 15.2 Å². The molecule has 154 valence electrons. The Balaban J connectivity index is 1.82. The second kappa shape index (κ2) is 9.03. The molecular weight excluding hydrogens is 373 g/mol. The number of hydrogen-bond donors (Lipinski definition) is 2. The maximum atomic E-state index is 13.2. The van der Waals surface area contributed by atoms with Gasteiger partial charge in [-0.1, -0.05) is 12.1 Å². The molecule has 0 saturated carbocycles. The molecule has 1 aromatic heterocycles. The first-order chi connectivity index (χ1) is 13.9. The van der Waals surface area contributed by atoms with Gasteiger partial charge in [0.15, 0.2) is 5.78 Å². The molecule has 3 rings (SSSR count). The molecule has 0 fully saturated rings. The van der Waals surface area contributed by atoms with Crippen LogP contribution in [0, 0.1) is 12.7 Å². The van der Waals surface area contributed by atoms with Crippen molar-refractivity contribution < 1.29 is 18.8 Å². The molecule has 1 heterocycles. The zero-order chi connectivity index (χ0) is 21.0. The molecule has 0 bridgehead atoms. The van der Waals surface area contributed by atoms with Crippen molar-refractivity contribution in [2.24, 2.45) is 0 Å². The lowest BCUT2D eigenvalue weighted by atomic mass is 9.92. The minimum atomic E-state index is -0.285. The molecule has 0 spiro atoms. The van der Waals surface area contributed by atoms with E-state index in [0.717, 1.165) is 35.4 Å². The molecular formula is C22H26FN3O3. The number of benzene rings is 1. The van der Waals surface area contributed by atoms with Crippen LogP contribution in [-0.4, -0.2) is 35.3 Å². The molecule has 0 unspecified atom stereocenters. The molecule has 0 saturated heterocycles. The largest absolute Gasteiger partial charge is 0.355 e. The van der Waals surface area contributed by atoms with E-state index in [1.165, 1.54) is 19.1 Å². The van der Waals surface area contributed by atoms with E-state index >= 15 is 0 Å². The standard InChI is InChI=1S/C22H26FN3O3/c1-14-18(12-21(29)25-11-10-24-15(2)27)22-19(4-3-5-20(22)28)26(14)13-16-6-8-17(23)9-7-16/h6-9H,3-5,10-13H2,1-2H3,(H,24,27)(H,25,29). The Morgan fingerprint density at radius 3 is 2.48 bits per heavy atom. The fraction of sp³-hybridized carbons (Fsp3) is 0.409. The zero-order valence-electron chi connectivity index (χ0n) is 16.8. The highest BCUT2D eigenvalue weighted by atomic mass is 19.1. The van der Waals surface area contributed by atoms with Gasteiger partial charge in [-0.05, 0) is 43.0 Å². The number of ketones is 1. The Bertz CT molecular complexity index is 932. The number of amides is 2. The van der Waals surface area contributed by atoms with Gasteiger partial charge in [-0.3, -0.25) is 14.4 Å². The van der Waals surface area contributed by atoms with Crippen molar-refractivity contribution in [1.29, 1.82) is 0 Å². The van der Waals surface area contributed by atoms with Gasteiger partial charge in [-0.15, -0.1) is 0 Å². The number of fused-ring (bicyclic) bond motifs is 1. The van der Waals surface area contributed by atoms with Crippen LogP contribution >= 0.6 is 0 Å². The van der Waals surface area contributed by atoms with E-state index in [4.69, 9.17) is 0 Å². The van der Waals surface area contributed by atoms with E-state index in [9.17, 15) is 18.8 Å². The van der Waals surface area contributed by atoms with Gasteiger partial charge in [-0.25, -0.2) is 4.39 Å². The third-order valence-electron chi connectivity index (χ3n) is 5.27. The third kappa shape index (κ3) is 4.91. The number of rotatable bonds is 7. The topological polar surface area (TPSA) is 80.2 Å². The Labute approximate surface area is 169 Å². The van der Waals surface area contributed by atoms with Crippen LogP contribution in [0.4, 0.5) is 4.39 Å². The van der Waals surface area contributed by atoms with Crippen molar-refractivity contribution in [3.8, 4) is 0 Å². The van der Waals surface area contributed by atoms with E-state index in [1.807, 2.05) is 6.92 Å². The van der Waals surface area contributed by atoms with Gasteiger partial charge in [0.05, 0.1) is 6.42 Å². The van der Waals surface area contributed by atoms with Crippen LogP contribution < -0.4 is 10.6 Å². The van der Waals surface area contributed by atoms with Gasteiger partial charge < -0.3 is 15.2 Å². The second-order valence-electron chi connectivity index (χ2n) is 7.38. The van der Waals surface area contributed by atoms with Crippen molar-refractivity contribution in [3.63, 3.8) is 0 Å². The van der Waals surface area contributed by atoms with Gasteiger partial charge in [0.2, 0.25) is 11.8 Å². The lowest BCUT2D eigenvalue weighted by molar-refractivity contribution is -0.121. The van der Waals surface area contributed by atoms with Crippen LogP contribution in [0.3, 0.4) is 0 Å². The summed E-state index contributed by atoms with van der Waals surface area (Å²) in [5, 5.41) is 5.41. The number of nitrogens with zero attached hydrogens (tertiary/aromatic N) is 1. The van der Waals surface area contributed by atoms with E-state index in [-0.39, 0.29) is 29.8 Å². The second-order valence-corrected chi connectivity index (χ2v) is 7.38. The molecule has 1 aliphatic rings. The van der Waals surface area contributed by atoms with Gasteiger partial charge in [0.25, 0.3) is 0 Å². The van der Waals surface area contributed by atoms with Crippen molar-refractivity contribution in [1.82, 2.24) is 15.2 Å². The van der Waals surface area contributed by atoms with Crippen LogP contribution in [0.25, 0.3) is 0 Å². The number of carbonyl (C=O) groups is 3. The molecule has 6 nitrogen and oxygen atoms in total. The van der Waals surface area contributed by atoms with Gasteiger partial charge in [0.1, 0.15) is 5.82 Å². The normalized spacial score (nSPS) is 13.1. The molecule has 7 heteroatoms. The Morgan fingerprint density at radius 2 is 1.79 bits per heavy atom. The summed E-state index contributed by atoms with van der Waals surface area (Å²) in [6, 6.07) is 6.32. The summed E-state index contributed by atoms with van der Waals surface area (Å²) < 4.78 is 15.3. The molecule has 2 N–H and O–H groups in total. The minimum Gasteiger partial charge on any atom is -0.355 e. The summed E-state index contributed by atoms with van der Waals surface area (Å²) in [6.45, 7) is 4.58. The number of nitrogens with one attached hydrogen (secondary N) is 2. The summed E-state index contributed by atoms with van der Waals surface area (Å²) in [7, 11) is 0. The summed E-state index contributed by atoms with van der Waals surface area (Å²) >= 11 is 0. The number of aromatic nitrogens is 1. The summed E-state index contributed by atoms with van der Waals surface area (Å²) in [5.74, 6) is -0.536. The number of halogens is 1. The Hall–Kier alpha value is -2.96. The Kier molecular flexibility index (Phi) is 6.46. The van der Waals surface area contributed by atoms with Crippen LogP contribution in [0.15, 0.2) is 24.3 Å². The average molecular weight is 399 g/mol. The summed E-state index contributed by atoms with van der Waals surface area (Å²) in [5.41, 5.74) is 4.24. The number of Topliss-reactive ketones (excluding diaryl/α,β-unsaturated/α-hetero) is 1. The van der Waals surface area contributed by atoms with Crippen molar-refractivity contribution >= 4 is 17.6 Å². The maximum absolute atomic E-state index is 13.2. The first-order valence-electron chi connectivity index (χ1n) is 9.86. The molecule has 0 radical (unpaired) electrons. The highest BCUT2D eigenvalue weighted by Gasteiger charge is 2.29. The number of hydrogen-bond acceptors (Lipinski definition) is 3. The van der Waals surface area contributed by atoms with Crippen molar-refractivity contribution in [2.75, 3.05) is 13.1 Å². The predicted molar refractivity (Wildman–Crippen MR) is 107 cm³/mol. The van der Waals surface area contributed by atoms with Crippen LogP contribution in [0.1, 0.15) is 52.6 Å². The Morgan fingerprint density at radius 1 is 1.10 bits per heavy atom. The molecule has 2 aromatic rings. The molecule has 1 aromatic carbocycles. The molecule has 0 aliphatic heterocycles. The molecule has 0 atom stereocenters. The van der Waals surface area contributed by atoms with Gasteiger partial charge >= 0.3 is 0 Å². The smallest absolute Gasteiger partial charge is 0.224 e. The first-order valence-corrected chi connectivity index (χ1v) is 9.86. The van der Waals surface area contributed by atoms with Gasteiger partial charge in [-0.2, -0.15) is 0 Å². The van der Waals surface area contributed by atoms with Crippen LogP contribution in [-0.2, 0) is 29.0 Å². The average Bonchev–Trinajstić information content (AvgIpc) is 2.93. The first kappa shape index (κ1) is 20.8. The van der Waals surface area contributed by atoms with Crippen LogP contribution in [0.5, 0.6) is 0 Å². The zero-order valence-corrected chi connectivity index (χ0v) is 16.8.